The molecule has 4 nitrogen and oxygen atoms in total. The highest BCUT2D eigenvalue weighted by Crippen LogP contribution is 2.22. The predicted octanol–water partition coefficient (Wildman–Crippen LogP) is 1.95. The van der Waals surface area contributed by atoms with Gasteiger partial charge in [0.15, 0.2) is 0 Å². The summed E-state index contributed by atoms with van der Waals surface area (Å²) in [6.07, 6.45) is 2.22. The van der Waals surface area contributed by atoms with Gasteiger partial charge >= 0.3 is 0 Å². The molecule has 1 amide bonds. The first kappa shape index (κ1) is 12.5. The Morgan fingerprint density at radius 2 is 2.24 bits per heavy atom. The van der Waals surface area contributed by atoms with Crippen molar-refractivity contribution < 1.29 is 4.79 Å². The molecule has 1 saturated carbocycles. The van der Waals surface area contributed by atoms with E-state index in [1.807, 2.05) is 25.1 Å². The number of hydrogen-bond donors (Lipinski definition) is 3. The Bertz CT molecular complexity index is 432. The molecule has 2 rings (SSSR count). The maximum atomic E-state index is 11.8. The summed E-state index contributed by atoms with van der Waals surface area (Å²) < 4.78 is 1.02. The van der Waals surface area contributed by atoms with Crippen molar-refractivity contribution in [2.75, 3.05) is 11.1 Å². The van der Waals surface area contributed by atoms with Crippen molar-refractivity contribution in [3.8, 4) is 0 Å². The number of rotatable bonds is 4. The van der Waals surface area contributed by atoms with Gasteiger partial charge in [-0.1, -0.05) is 0 Å². The van der Waals surface area contributed by atoms with Crippen LogP contribution in [-0.2, 0) is 4.79 Å². The SMILES string of the molecule is CC(Nc1ccc(N)cc1I)C(=O)NC1CC1. The Labute approximate surface area is 114 Å². The van der Waals surface area contributed by atoms with E-state index in [0.717, 1.165) is 27.8 Å². The van der Waals surface area contributed by atoms with Crippen LogP contribution in [-0.4, -0.2) is 18.0 Å². The number of nitrogens with one attached hydrogen (secondary N) is 2. The first-order valence-corrected chi connectivity index (χ1v) is 6.76. The van der Waals surface area contributed by atoms with E-state index < -0.39 is 0 Å². The molecule has 1 aliphatic carbocycles. The lowest BCUT2D eigenvalue weighted by atomic mass is 10.2. The number of benzene rings is 1. The Morgan fingerprint density at radius 1 is 1.53 bits per heavy atom. The smallest absolute Gasteiger partial charge is 0.242 e. The van der Waals surface area contributed by atoms with E-state index >= 15 is 0 Å². The Balaban J connectivity index is 1.96. The number of anilines is 2. The van der Waals surface area contributed by atoms with E-state index in [0.29, 0.717) is 6.04 Å². The molecule has 1 aliphatic rings. The Kier molecular flexibility index (Phi) is 3.76. The fourth-order valence-corrected chi connectivity index (χ4v) is 2.20. The molecule has 17 heavy (non-hydrogen) atoms. The van der Waals surface area contributed by atoms with Gasteiger partial charge in [-0.2, -0.15) is 0 Å². The summed E-state index contributed by atoms with van der Waals surface area (Å²) in [5, 5.41) is 6.17. The highest BCUT2D eigenvalue weighted by atomic mass is 127. The number of hydrogen-bond acceptors (Lipinski definition) is 3. The second-order valence-electron chi connectivity index (χ2n) is 4.39. The molecule has 1 atom stereocenters. The Morgan fingerprint density at radius 3 is 2.82 bits per heavy atom. The van der Waals surface area contributed by atoms with Crippen molar-refractivity contribution >= 4 is 39.9 Å². The zero-order valence-electron chi connectivity index (χ0n) is 9.66. The van der Waals surface area contributed by atoms with Crippen LogP contribution in [0.25, 0.3) is 0 Å². The maximum absolute atomic E-state index is 11.8. The van der Waals surface area contributed by atoms with Crippen LogP contribution in [0.15, 0.2) is 18.2 Å². The van der Waals surface area contributed by atoms with E-state index in [1.54, 1.807) is 0 Å². The molecule has 1 unspecified atom stereocenters. The molecule has 0 saturated heterocycles. The van der Waals surface area contributed by atoms with Crippen molar-refractivity contribution in [1.29, 1.82) is 0 Å². The monoisotopic (exact) mass is 345 g/mol. The summed E-state index contributed by atoms with van der Waals surface area (Å²) in [7, 11) is 0. The van der Waals surface area contributed by atoms with Crippen molar-refractivity contribution in [2.24, 2.45) is 0 Å². The van der Waals surface area contributed by atoms with Gasteiger partial charge in [0.2, 0.25) is 5.91 Å². The zero-order valence-corrected chi connectivity index (χ0v) is 11.8. The maximum Gasteiger partial charge on any atom is 0.242 e. The molecule has 0 heterocycles. The van der Waals surface area contributed by atoms with Crippen LogP contribution in [0.1, 0.15) is 19.8 Å². The van der Waals surface area contributed by atoms with E-state index in [-0.39, 0.29) is 11.9 Å². The van der Waals surface area contributed by atoms with E-state index in [4.69, 9.17) is 5.73 Å². The summed E-state index contributed by atoms with van der Waals surface area (Å²) >= 11 is 2.21. The van der Waals surface area contributed by atoms with Crippen molar-refractivity contribution in [2.45, 2.75) is 31.8 Å². The van der Waals surface area contributed by atoms with Gasteiger partial charge in [-0.25, -0.2) is 0 Å². The topological polar surface area (TPSA) is 67.1 Å². The molecule has 0 spiro atoms. The van der Waals surface area contributed by atoms with Crippen LogP contribution in [0.5, 0.6) is 0 Å². The molecular formula is C12H16IN3O. The van der Waals surface area contributed by atoms with Crippen LogP contribution < -0.4 is 16.4 Å². The minimum Gasteiger partial charge on any atom is -0.399 e. The van der Waals surface area contributed by atoms with Gasteiger partial charge in [0, 0.05) is 21.0 Å². The van der Waals surface area contributed by atoms with Gasteiger partial charge in [0.05, 0.1) is 0 Å². The molecular weight excluding hydrogens is 329 g/mol. The van der Waals surface area contributed by atoms with Gasteiger partial charge in [0.1, 0.15) is 6.04 Å². The highest BCUT2D eigenvalue weighted by molar-refractivity contribution is 14.1. The lowest BCUT2D eigenvalue weighted by Crippen LogP contribution is -2.38. The molecule has 0 bridgehead atoms. The molecule has 5 heteroatoms. The summed E-state index contributed by atoms with van der Waals surface area (Å²) in [4.78, 5) is 11.8. The van der Waals surface area contributed by atoms with Gasteiger partial charge in [-0.15, -0.1) is 0 Å². The van der Waals surface area contributed by atoms with Crippen LogP contribution in [0.2, 0.25) is 0 Å². The second-order valence-corrected chi connectivity index (χ2v) is 5.55. The summed E-state index contributed by atoms with van der Waals surface area (Å²) in [5.74, 6) is 0.0557. The lowest BCUT2D eigenvalue weighted by Gasteiger charge is -2.16. The summed E-state index contributed by atoms with van der Waals surface area (Å²) in [5.41, 5.74) is 7.35. The molecule has 0 aromatic heterocycles. The number of amides is 1. The van der Waals surface area contributed by atoms with E-state index in [9.17, 15) is 4.79 Å². The van der Waals surface area contributed by atoms with Gasteiger partial charge in [-0.05, 0) is 60.6 Å². The number of nitrogen functional groups attached to an aromatic ring is 1. The number of nitrogens with two attached hydrogens (primary N) is 1. The first-order valence-electron chi connectivity index (χ1n) is 5.68. The molecule has 0 radical (unpaired) electrons. The third-order valence-electron chi connectivity index (χ3n) is 2.68. The number of halogens is 1. The van der Waals surface area contributed by atoms with E-state index in [2.05, 4.69) is 33.2 Å². The fraction of sp³-hybridized carbons (Fsp3) is 0.417. The third-order valence-corrected chi connectivity index (χ3v) is 3.57. The van der Waals surface area contributed by atoms with Gasteiger partial charge < -0.3 is 16.4 Å². The lowest BCUT2D eigenvalue weighted by molar-refractivity contribution is -0.121. The number of carbonyl (C=O) groups excluding carboxylic acids is 1. The van der Waals surface area contributed by atoms with Crippen LogP contribution >= 0.6 is 22.6 Å². The van der Waals surface area contributed by atoms with Crippen LogP contribution in [0.4, 0.5) is 11.4 Å². The molecule has 1 aromatic carbocycles. The van der Waals surface area contributed by atoms with Crippen LogP contribution in [0.3, 0.4) is 0 Å². The minimum absolute atomic E-state index is 0.0557. The van der Waals surface area contributed by atoms with E-state index in [1.165, 1.54) is 0 Å². The number of carbonyl (C=O) groups is 1. The largest absolute Gasteiger partial charge is 0.399 e. The molecule has 1 fully saturated rings. The summed E-state index contributed by atoms with van der Waals surface area (Å²) in [6, 6.07) is 5.78. The second kappa shape index (κ2) is 5.12. The normalized spacial score (nSPS) is 16.4. The zero-order chi connectivity index (χ0) is 12.4. The molecule has 0 aliphatic heterocycles. The quantitative estimate of drug-likeness (QED) is 0.577. The molecule has 92 valence electrons. The van der Waals surface area contributed by atoms with Gasteiger partial charge in [0.25, 0.3) is 0 Å². The fourth-order valence-electron chi connectivity index (χ4n) is 1.50. The Hall–Kier alpha value is -0.980. The minimum atomic E-state index is -0.229. The average molecular weight is 345 g/mol. The van der Waals surface area contributed by atoms with Crippen molar-refractivity contribution in [1.82, 2.24) is 5.32 Å². The standard InChI is InChI=1S/C12H16IN3O/c1-7(12(17)16-9-3-4-9)15-11-5-2-8(14)6-10(11)13/h2,5-7,9,15H,3-4,14H2,1H3,(H,16,17). The predicted molar refractivity (Wildman–Crippen MR) is 77.8 cm³/mol. The molecule has 1 aromatic rings. The first-order chi connectivity index (χ1) is 8.06. The van der Waals surface area contributed by atoms with Crippen molar-refractivity contribution in [3.05, 3.63) is 21.8 Å². The van der Waals surface area contributed by atoms with Crippen LogP contribution in [0, 0.1) is 3.57 Å². The molecule has 4 N–H and O–H groups in total. The highest BCUT2D eigenvalue weighted by Gasteiger charge is 2.25. The average Bonchev–Trinajstić information content (AvgIpc) is 3.06. The van der Waals surface area contributed by atoms with Gasteiger partial charge in [-0.3, -0.25) is 4.79 Å². The third kappa shape index (κ3) is 3.49. The van der Waals surface area contributed by atoms with Crippen molar-refractivity contribution in [3.63, 3.8) is 0 Å². The summed E-state index contributed by atoms with van der Waals surface area (Å²) in [6.45, 7) is 1.87.